The molecule has 1 saturated heterocycles. The van der Waals surface area contributed by atoms with Gasteiger partial charge >= 0.3 is 0 Å². The van der Waals surface area contributed by atoms with E-state index in [4.69, 9.17) is 0 Å². The molecule has 0 aliphatic carbocycles. The molecule has 0 saturated carbocycles. The second-order valence-electron chi connectivity index (χ2n) is 5.85. The summed E-state index contributed by atoms with van der Waals surface area (Å²) >= 11 is 0. The van der Waals surface area contributed by atoms with E-state index >= 15 is 0 Å². The molecule has 4 heteroatoms. The Bertz CT molecular complexity index is 495. The summed E-state index contributed by atoms with van der Waals surface area (Å²) in [5.74, 6) is 0.529. The number of aromatic hydroxyl groups is 1. The summed E-state index contributed by atoms with van der Waals surface area (Å²) in [7, 11) is 0. The number of nitrogens with one attached hydrogen (secondary N) is 1. The fourth-order valence-electron chi connectivity index (χ4n) is 3.22. The Morgan fingerprint density at radius 2 is 2.30 bits per heavy atom. The number of rotatable bonds is 3. The maximum atomic E-state index is 12.3. The molecule has 1 aromatic rings. The van der Waals surface area contributed by atoms with Crippen LogP contribution in [0.2, 0.25) is 0 Å². The maximum absolute atomic E-state index is 12.3. The van der Waals surface area contributed by atoms with Gasteiger partial charge in [-0.3, -0.25) is 4.79 Å². The van der Waals surface area contributed by atoms with E-state index in [-0.39, 0.29) is 11.7 Å². The molecule has 2 aliphatic rings. The normalized spacial score (nSPS) is 21.8. The van der Waals surface area contributed by atoms with Gasteiger partial charge in [0.2, 0.25) is 5.91 Å². The third-order valence-electron chi connectivity index (χ3n) is 4.42. The van der Waals surface area contributed by atoms with Crippen LogP contribution in [0.1, 0.15) is 36.8 Å². The average molecular weight is 274 g/mol. The van der Waals surface area contributed by atoms with E-state index < -0.39 is 0 Å². The van der Waals surface area contributed by atoms with Crippen LogP contribution in [-0.2, 0) is 17.8 Å². The van der Waals surface area contributed by atoms with Gasteiger partial charge in [0, 0.05) is 25.6 Å². The molecule has 1 aromatic carbocycles. The first-order valence-corrected chi connectivity index (χ1v) is 7.54. The monoisotopic (exact) mass is 274 g/mol. The Labute approximate surface area is 119 Å². The molecule has 1 atom stereocenters. The van der Waals surface area contributed by atoms with Crippen molar-refractivity contribution in [3.05, 3.63) is 29.3 Å². The quantitative estimate of drug-likeness (QED) is 0.884. The highest BCUT2D eigenvalue weighted by atomic mass is 16.3. The second-order valence-corrected chi connectivity index (χ2v) is 5.85. The largest absolute Gasteiger partial charge is 0.508 e. The number of hydrogen-bond donors (Lipinski definition) is 2. The van der Waals surface area contributed by atoms with Crippen molar-refractivity contribution in [2.24, 2.45) is 0 Å². The van der Waals surface area contributed by atoms with Crippen LogP contribution in [-0.4, -0.2) is 35.0 Å². The highest BCUT2D eigenvalue weighted by Crippen LogP contribution is 2.24. The Kier molecular flexibility index (Phi) is 3.92. The van der Waals surface area contributed by atoms with Crippen molar-refractivity contribution in [2.75, 3.05) is 13.1 Å². The number of carbonyl (C=O) groups is 1. The third kappa shape index (κ3) is 2.96. The van der Waals surface area contributed by atoms with Gasteiger partial charge in [-0.2, -0.15) is 0 Å². The number of nitrogens with zero attached hydrogens (tertiary/aromatic N) is 1. The highest BCUT2D eigenvalue weighted by molar-refractivity contribution is 5.76. The molecule has 2 N–H and O–H groups in total. The van der Waals surface area contributed by atoms with E-state index in [1.54, 1.807) is 12.1 Å². The number of phenolic OH excluding ortho intramolecular Hbond substituents is 1. The van der Waals surface area contributed by atoms with Crippen molar-refractivity contribution in [1.29, 1.82) is 0 Å². The van der Waals surface area contributed by atoms with Crippen LogP contribution in [0.3, 0.4) is 0 Å². The molecule has 2 aliphatic heterocycles. The van der Waals surface area contributed by atoms with Crippen LogP contribution in [0, 0.1) is 0 Å². The zero-order chi connectivity index (χ0) is 13.9. The van der Waals surface area contributed by atoms with Gasteiger partial charge < -0.3 is 15.3 Å². The van der Waals surface area contributed by atoms with E-state index in [1.165, 1.54) is 18.4 Å². The summed E-state index contributed by atoms with van der Waals surface area (Å²) in [4.78, 5) is 14.2. The Morgan fingerprint density at radius 3 is 3.10 bits per heavy atom. The summed E-state index contributed by atoms with van der Waals surface area (Å²) in [6.07, 6.45) is 4.90. The number of fused-ring (bicyclic) bond motifs is 1. The van der Waals surface area contributed by atoms with Crippen molar-refractivity contribution in [3.63, 3.8) is 0 Å². The molecule has 108 valence electrons. The van der Waals surface area contributed by atoms with Gasteiger partial charge in [0.25, 0.3) is 0 Å². The number of amides is 1. The molecule has 0 aromatic heterocycles. The lowest BCUT2D eigenvalue weighted by molar-refractivity contribution is -0.132. The summed E-state index contributed by atoms with van der Waals surface area (Å²) in [6.45, 7) is 2.53. The van der Waals surface area contributed by atoms with Gasteiger partial charge in [0.05, 0.1) is 0 Å². The smallest absolute Gasteiger partial charge is 0.222 e. The van der Waals surface area contributed by atoms with Gasteiger partial charge in [-0.1, -0.05) is 6.07 Å². The molecule has 0 bridgehead atoms. The summed E-state index contributed by atoms with van der Waals surface area (Å²) < 4.78 is 0. The predicted molar refractivity (Wildman–Crippen MR) is 77.5 cm³/mol. The van der Waals surface area contributed by atoms with E-state index in [1.807, 2.05) is 11.0 Å². The van der Waals surface area contributed by atoms with E-state index in [0.29, 0.717) is 19.0 Å². The molecule has 3 rings (SSSR count). The first-order valence-electron chi connectivity index (χ1n) is 7.54. The lowest BCUT2D eigenvalue weighted by atomic mass is 9.99. The Hall–Kier alpha value is -1.55. The van der Waals surface area contributed by atoms with Gasteiger partial charge in [-0.05, 0) is 55.5 Å². The molecule has 1 fully saturated rings. The first kappa shape index (κ1) is 13.4. The van der Waals surface area contributed by atoms with Crippen molar-refractivity contribution in [1.82, 2.24) is 10.2 Å². The molecule has 1 amide bonds. The Balaban J connectivity index is 1.57. The minimum absolute atomic E-state index is 0.243. The highest BCUT2D eigenvalue weighted by Gasteiger charge is 2.22. The average Bonchev–Trinajstić information content (AvgIpc) is 2.97. The van der Waals surface area contributed by atoms with Gasteiger partial charge in [-0.15, -0.1) is 0 Å². The number of carbonyl (C=O) groups excluding carboxylic acids is 1. The minimum atomic E-state index is 0.243. The summed E-state index contributed by atoms with van der Waals surface area (Å²) in [5.41, 5.74) is 2.34. The molecule has 4 nitrogen and oxygen atoms in total. The van der Waals surface area contributed by atoms with Crippen LogP contribution in [0.15, 0.2) is 18.2 Å². The third-order valence-corrected chi connectivity index (χ3v) is 4.42. The standard InChI is InChI=1S/C16H22N2O2/c19-15-5-3-12-7-9-18(11-13(12)10-15)16(20)6-4-14-2-1-8-17-14/h3,5,10,14,17,19H,1-2,4,6-9,11H2. The predicted octanol–water partition coefficient (Wildman–Crippen LogP) is 1.81. The molecule has 1 unspecified atom stereocenters. The molecular formula is C16H22N2O2. The van der Waals surface area contributed by atoms with Crippen molar-refractivity contribution >= 4 is 5.91 Å². The lowest BCUT2D eigenvalue weighted by Gasteiger charge is -2.29. The van der Waals surface area contributed by atoms with Crippen LogP contribution in [0.25, 0.3) is 0 Å². The van der Waals surface area contributed by atoms with Gasteiger partial charge in [0.15, 0.2) is 0 Å². The van der Waals surface area contributed by atoms with E-state index in [2.05, 4.69) is 5.32 Å². The van der Waals surface area contributed by atoms with Crippen LogP contribution in [0.4, 0.5) is 0 Å². The first-order chi connectivity index (χ1) is 9.72. The molecule has 20 heavy (non-hydrogen) atoms. The second kappa shape index (κ2) is 5.83. The van der Waals surface area contributed by atoms with Crippen LogP contribution in [0.5, 0.6) is 5.75 Å². The molecule has 2 heterocycles. The summed E-state index contributed by atoms with van der Waals surface area (Å²) in [5, 5.41) is 13.0. The number of benzene rings is 1. The van der Waals surface area contributed by atoms with Crippen molar-refractivity contribution in [2.45, 2.75) is 44.7 Å². The molecule has 0 spiro atoms. The fourth-order valence-corrected chi connectivity index (χ4v) is 3.22. The number of hydrogen-bond acceptors (Lipinski definition) is 3. The molecule has 0 radical (unpaired) electrons. The van der Waals surface area contributed by atoms with E-state index in [9.17, 15) is 9.90 Å². The zero-order valence-corrected chi connectivity index (χ0v) is 11.8. The number of phenols is 1. The van der Waals surface area contributed by atoms with E-state index in [0.717, 1.165) is 31.5 Å². The minimum Gasteiger partial charge on any atom is -0.508 e. The van der Waals surface area contributed by atoms with Crippen LogP contribution < -0.4 is 5.32 Å². The lowest BCUT2D eigenvalue weighted by Crippen LogP contribution is -2.36. The molecular weight excluding hydrogens is 252 g/mol. The maximum Gasteiger partial charge on any atom is 0.222 e. The van der Waals surface area contributed by atoms with Crippen molar-refractivity contribution < 1.29 is 9.90 Å². The van der Waals surface area contributed by atoms with Gasteiger partial charge in [0.1, 0.15) is 5.75 Å². The Morgan fingerprint density at radius 1 is 1.40 bits per heavy atom. The van der Waals surface area contributed by atoms with Crippen LogP contribution >= 0.6 is 0 Å². The zero-order valence-electron chi connectivity index (χ0n) is 11.8. The summed E-state index contributed by atoms with van der Waals surface area (Å²) in [6, 6.07) is 6.00. The van der Waals surface area contributed by atoms with Crippen molar-refractivity contribution in [3.8, 4) is 5.75 Å². The van der Waals surface area contributed by atoms with Gasteiger partial charge in [-0.25, -0.2) is 0 Å². The SMILES string of the molecule is O=C(CCC1CCCN1)N1CCc2ccc(O)cc2C1. The fraction of sp³-hybridized carbons (Fsp3) is 0.562. The topological polar surface area (TPSA) is 52.6 Å².